The summed E-state index contributed by atoms with van der Waals surface area (Å²) in [4.78, 5) is 20.8. The maximum Gasteiger partial charge on any atom is 0.327 e. The van der Waals surface area contributed by atoms with E-state index in [0.717, 1.165) is 6.08 Å². The van der Waals surface area contributed by atoms with Gasteiger partial charge in [0, 0.05) is 5.75 Å². The van der Waals surface area contributed by atoms with E-state index in [1.807, 2.05) is 0 Å². The van der Waals surface area contributed by atoms with E-state index < -0.39 is 17.9 Å². The molecule has 0 saturated carbocycles. The van der Waals surface area contributed by atoms with Crippen LogP contribution < -0.4 is 5.32 Å². The molecule has 4 nitrogen and oxygen atoms in total. The Balaban J connectivity index is 3.97. The van der Waals surface area contributed by atoms with Crippen LogP contribution in [0.15, 0.2) is 12.7 Å². The Hall–Kier alpha value is -0.970. The lowest BCUT2D eigenvalue weighted by molar-refractivity contribution is -0.140. The van der Waals surface area contributed by atoms with Crippen molar-refractivity contribution in [1.82, 2.24) is 5.32 Å². The summed E-state index contributed by atoms with van der Waals surface area (Å²) in [6.45, 7) is 3.18. The Morgan fingerprint density at radius 3 is 2.55 bits per heavy atom. The topological polar surface area (TPSA) is 66.4 Å². The number of carboxylic acid groups (broad SMARTS) is 1. The fraction of sp³-hybridized carbons (Fsp3) is 0.333. The molecule has 0 heterocycles. The molecule has 11 heavy (non-hydrogen) atoms. The summed E-state index contributed by atoms with van der Waals surface area (Å²) in [6, 6.07) is -0.941. The minimum Gasteiger partial charge on any atom is -0.480 e. The van der Waals surface area contributed by atoms with Gasteiger partial charge in [-0.1, -0.05) is 6.58 Å². The SMILES string of the molecule is C=CC(=O)NC(CS)C(=O)O. The minimum atomic E-state index is -1.10. The first-order valence-electron chi connectivity index (χ1n) is 2.88. The van der Waals surface area contributed by atoms with Gasteiger partial charge in [0.05, 0.1) is 0 Å². The summed E-state index contributed by atoms with van der Waals surface area (Å²) in [5.41, 5.74) is 0. The van der Waals surface area contributed by atoms with Crippen molar-refractivity contribution < 1.29 is 14.7 Å². The Morgan fingerprint density at radius 1 is 1.73 bits per heavy atom. The second-order valence-corrected chi connectivity index (χ2v) is 2.15. The van der Waals surface area contributed by atoms with Crippen molar-refractivity contribution in [3.05, 3.63) is 12.7 Å². The van der Waals surface area contributed by atoms with E-state index in [9.17, 15) is 9.59 Å². The molecule has 0 aromatic rings. The van der Waals surface area contributed by atoms with E-state index in [1.165, 1.54) is 0 Å². The van der Waals surface area contributed by atoms with Gasteiger partial charge >= 0.3 is 5.97 Å². The third-order valence-electron chi connectivity index (χ3n) is 0.983. The Kier molecular flexibility index (Phi) is 4.36. The Morgan fingerprint density at radius 2 is 2.27 bits per heavy atom. The summed E-state index contributed by atoms with van der Waals surface area (Å²) >= 11 is 3.74. The Labute approximate surface area is 69.7 Å². The van der Waals surface area contributed by atoms with Crippen LogP contribution in [0.25, 0.3) is 0 Å². The van der Waals surface area contributed by atoms with Gasteiger partial charge in [-0.3, -0.25) is 4.79 Å². The highest BCUT2D eigenvalue weighted by Gasteiger charge is 2.15. The highest BCUT2D eigenvalue weighted by atomic mass is 32.1. The third kappa shape index (κ3) is 3.67. The summed E-state index contributed by atoms with van der Waals surface area (Å²) in [6.07, 6.45) is 1.01. The summed E-state index contributed by atoms with van der Waals surface area (Å²) in [7, 11) is 0. The number of hydrogen-bond donors (Lipinski definition) is 3. The highest BCUT2D eigenvalue weighted by molar-refractivity contribution is 7.80. The summed E-state index contributed by atoms with van der Waals surface area (Å²) in [5, 5.41) is 10.6. The van der Waals surface area contributed by atoms with Crippen LogP contribution in [0.3, 0.4) is 0 Å². The summed E-state index contributed by atoms with van der Waals surface area (Å²) < 4.78 is 0. The molecule has 2 N–H and O–H groups in total. The zero-order valence-corrected chi connectivity index (χ0v) is 6.67. The number of nitrogens with one attached hydrogen (secondary N) is 1. The molecule has 0 aromatic heterocycles. The van der Waals surface area contributed by atoms with E-state index in [1.54, 1.807) is 0 Å². The third-order valence-corrected chi connectivity index (χ3v) is 1.35. The van der Waals surface area contributed by atoms with Crippen LogP contribution in [-0.2, 0) is 9.59 Å². The molecule has 0 aliphatic carbocycles. The van der Waals surface area contributed by atoms with Gasteiger partial charge in [-0.15, -0.1) is 0 Å². The van der Waals surface area contributed by atoms with Gasteiger partial charge in [-0.2, -0.15) is 12.6 Å². The predicted molar refractivity (Wildman–Crippen MR) is 43.6 cm³/mol. The number of hydrogen-bond acceptors (Lipinski definition) is 3. The Bertz CT molecular complexity index is 181. The zero-order chi connectivity index (χ0) is 8.85. The number of aliphatic carboxylic acids is 1. The standard InChI is InChI=1S/C6H9NO3S/c1-2-5(8)7-4(3-11)6(9)10/h2,4,11H,1,3H2,(H,7,8)(H,9,10). The molecular weight excluding hydrogens is 166 g/mol. The van der Waals surface area contributed by atoms with Crippen molar-refractivity contribution in [2.24, 2.45) is 0 Å². The number of thiol groups is 1. The lowest BCUT2D eigenvalue weighted by Crippen LogP contribution is -2.41. The van der Waals surface area contributed by atoms with Crippen LogP contribution in [0.4, 0.5) is 0 Å². The van der Waals surface area contributed by atoms with Crippen LogP contribution in [0, 0.1) is 0 Å². The molecule has 0 rings (SSSR count). The monoisotopic (exact) mass is 175 g/mol. The first kappa shape index (κ1) is 10.0. The predicted octanol–water partition coefficient (Wildman–Crippen LogP) is -0.328. The van der Waals surface area contributed by atoms with Crippen LogP contribution in [0.1, 0.15) is 0 Å². The van der Waals surface area contributed by atoms with Crippen molar-refractivity contribution in [2.75, 3.05) is 5.75 Å². The van der Waals surface area contributed by atoms with Crippen molar-refractivity contribution in [3.8, 4) is 0 Å². The molecule has 0 aliphatic rings. The number of amides is 1. The second-order valence-electron chi connectivity index (χ2n) is 1.79. The fourth-order valence-electron chi connectivity index (χ4n) is 0.416. The van der Waals surface area contributed by atoms with Gasteiger partial charge < -0.3 is 10.4 Å². The first-order chi connectivity index (χ1) is 5.11. The smallest absolute Gasteiger partial charge is 0.327 e. The zero-order valence-electron chi connectivity index (χ0n) is 5.78. The van der Waals surface area contributed by atoms with E-state index in [-0.39, 0.29) is 5.75 Å². The van der Waals surface area contributed by atoms with Crippen LogP contribution in [-0.4, -0.2) is 28.8 Å². The second kappa shape index (κ2) is 4.79. The maximum atomic E-state index is 10.6. The quantitative estimate of drug-likeness (QED) is 0.405. The lowest BCUT2D eigenvalue weighted by Gasteiger charge is -2.08. The molecule has 0 aromatic carbocycles. The van der Waals surface area contributed by atoms with Crippen LogP contribution >= 0.6 is 12.6 Å². The fourth-order valence-corrected chi connectivity index (χ4v) is 0.664. The normalized spacial score (nSPS) is 11.7. The van der Waals surface area contributed by atoms with Crippen molar-refractivity contribution in [1.29, 1.82) is 0 Å². The van der Waals surface area contributed by atoms with Gasteiger partial charge in [0.1, 0.15) is 6.04 Å². The summed E-state index contributed by atoms with van der Waals surface area (Å²) in [5.74, 6) is -1.55. The first-order valence-corrected chi connectivity index (χ1v) is 3.51. The average molecular weight is 175 g/mol. The number of carboxylic acids is 1. The van der Waals surface area contributed by atoms with E-state index in [0.29, 0.717) is 0 Å². The molecule has 1 unspecified atom stereocenters. The molecule has 0 bridgehead atoms. The molecule has 1 atom stereocenters. The molecule has 0 aliphatic heterocycles. The molecule has 0 radical (unpaired) electrons. The molecule has 62 valence electrons. The van der Waals surface area contributed by atoms with Crippen LogP contribution in [0.2, 0.25) is 0 Å². The lowest BCUT2D eigenvalue weighted by atomic mass is 10.3. The molecule has 5 heteroatoms. The van der Waals surface area contributed by atoms with Gasteiger partial charge in [-0.25, -0.2) is 4.79 Å². The minimum absolute atomic E-state index is 0.0644. The van der Waals surface area contributed by atoms with Gasteiger partial charge in [-0.05, 0) is 6.08 Å². The largest absolute Gasteiger partial charge is 0.480 e. The molecule has 0 saturated heterocycles. The number of rotatable bonds is 4. The molecule has 0 spiro atoms. The van der Waals surface area contributed by atoms with Gasteiger partial charge in [0.15, 0.2) is 0 Å². The van der Waals surface area contributed by atoms with Gasteiger partial charge in [0.2, 0.25) is 5.91 Å². The van der Waals surface area contributed by atoms with E-state index >= 15 is 0 Å². The van der Waals surface area contributed by atoms with Crippen molar-refractivity contribution in [3.63, 3.8) is 0 Å². The average Bonchev–Trinajstić information content (AvgIpc) is 1.99. The van der Waals surface area contributed by atoms with Gasteiger partial charge in [0.25, 0.3) is 0 Å². The highest BCUT2D eigenvalue weighted by Crippen LogP contribution is 1.87. The van der Waals surface area contributed by atoms with Crippen LogP contribution in [0.5, 0.6) is 0 Å². The molecular formula is C6H9NO3S. The van der Waals surface area contributed by atoms with E-state index in [4.69, 9.17) is 5.11 Å². The maximum absolute atomic E-state index is 10.6. The van der Waals surface area contributed by atoms with E-state index in [2.05, 4.69) is 24.5 Å². The van der Waals surface area contributed by atoms with Crippen molar-refractivity contribution in [2.45, 2.75) is 6.04 Å². The number of carbonyl (C=O) groups excluding carboxylic acids is 1. The van der Waals surface area contributed by atoms with Crippen molar-refractivity contribution >= 4 is 24.5 Å². The number of carbonyl (C=O) groups is 2. The molecule has 0 fully saturated rings. The molecule has 1 amide bonds.